The molecular weight excluding hydrogens is 474 g/mol. The van der Waals surface area contributed by atoms with E-state index in [9.17, 15) is 0 Å². The number of aromatic nitrogens is 3. The Bertz CT molecular complexity index is 1440. The zero-order valence-electron chi connectivity index (χ0n) is 19.3. The van der Waals surface area contributed by atoms with Crippen LogP contribution in [0.15, 0.2) is 73.2 Å². The summed E-state index contributed by atoms with van der Waals surface area (Å²) in [7, 11) is 0. The molecule has 0 saturated heterocycles. The number of anilines is 3. The van der Waals surface area contributed by atoms with Gasteiger partial charge in [0.15, 0.2) is 5.82 Å². The number of fused-ring (bicyclic) bond motifs is 1. The van der Waals surface area contributed by atoms with E-state index in [0.717, 1.165) is 39.3 Å². The molecule has 0 aliphatic carbocycles. The van der Waals surface area contributed by atoms with Crippen LogP contribution in [0.25, 0.3) is 17.0 Å². The molecule has 5 rings (SSSR count). The third-order valence-corrected chi connectivity index (χ3v) is 5.98. The Balaban J connectivity index is 1.39. The predicted molar refractivity (Wildman–Crippen MR) is 143 cm³/mol. The normalized spacial score (nSPS) is 12.8. The summed E-state index contributed by atoms with van der Waals surface area (Å²) in [6.45, 7) is 1.50. The van der Waals surface area contributed by atoms with E-state index in [2.05, 4.69) is 15.6 Å². The van der Waals surface area contributed by atoms with Crippen LogP contribution in [0.5, 0.6) is 0 Å². The zero-order valence-corrected chi connectivity index (χ0v) is 20.1. The fourth-order valence-electron chi connectivity index (χ4n) is 3.92. The van der Waals surface area contributed by atoms with Crippen LogP contribution in [-0.4, -0.2) is 21.2 Å². The third kappa shape index (κ3) is 5.19. The predicted octanol–water partition coefficient (Wildman–Crippen LogP) is 5.53. The summed E-state index contributed by atoms with van der Waals surface area (Å²) in [4.78, 5) is 13.8. The molecule has 1 aliphatic heterocycles. The molecule has 0 radical (unpaired) electrons. The first kappa shape index (κ1) is 23.5. The molecule has 0 saturated carbocycles. The first-order valence-electron chi connectivity index (χ1n) is 11.3. The molecule has 0 unspecified atom stereocenters. The lowest BCUT2D eigenvalue weighted by Gasteiger charge is -2.13. The van der Waals surface area contributed by atoms with Crippen molar-refractivity contribution < 1.29 is 4.74 Å². The summed E-state index contributed by atoms with van der Waals surface area (Å²) >= 11 is 6.05. The average Bonchev–Trinajstić information content (AvgIpc) is 3.39. The second-order valence-corrected chi connectivity index (χ2v) is 8.66. The maximum absolute atomic E-state index is 7.48. The van der Waals surface area contributed by atoms with Crippen LogP contribution in [0, 0.1) is 5.41 Å². The van der Waals surface area contributed by atoms with Crippen LogP contribution in [-0.2, 0) is 24.5 Å². The number of benzene rings is 2. The minimum Gasteiger partial charge on any atom is -0.404 e. The van der Waals surface area contributed by atoms with Gasteiger partial charge in [-0.1, -0.05) is 35.9 Å². The number of pyridine rings is 1. The Labute approximate surface area is 213 Å². The van der Waals surface area contributed by atoms with Gasteiger partial charge in [-0.15, -0.1) is 0 Å². The maximum Gasteiger partial charge on any atom is 0.161 e. The molecule has 2 aromatic carbocycles. The number of nitrogens with zero attached hydrogens (tertiary/aromatic N) is 3. The lowest BCUT2D eigenvalue weighted by molar-refractivity contribution is 0.133. The lowest BCUT2D eigenvalue weighted by atomic mass is 10.1. The molecule has 3 heterocycles. The Morgan fingerprint density at radius 3 is 2.69 bits per heavy atom. The van der Waals surface area contributed by atoms with Crippen LogP contribution >= 0.6 is 11.6 Å². The first-order valence-corrected chi connectivity index (χ1v) is 11.7. The molecule has 4 aromatic rings. The number of nitrogens with one attached hydrogen (secondary N) is 3. The van der Waals surface area contributed by atoms with Crippen molar-refractivity contribution in [2.24, 2.45) is 5.73 Å². The molecule has 9 heteroatoms. The van der Waals surface area contributed by atoms with Gasteiger partial charge in [-0.05, 0) is 41.5 Å². The second-order valence-electron chi connectivity index (χ2n) is 8.23. The monoisotopic (exact) mass is 497 g/mol. The van der Waals surface area contributed by atoms with Gasteiger partial charge in [0.05, 0.1) is 23.9 Å². The van der Waals surface area contributed by atoms with Crippen molar-refractivity contribution in [3.8, 4) is 11.4 Å². The Hall–Kier alpha value is -4.27. The molecular formula is C27H24ClN7O. The quantitative estimate of drug-likeness (QED) is 0.236. The van der Waals surface area contributed by atoms with Crippen molar-refractivity contribution in [2.75, 3.05) is 10.6 Å². The molecule has 0 fully saturated rings. The van der Waals surface area contributed by atoms with Crippen molar-refractivity contribution in [1.29, 1.82) is 5.41 Å². The fraction of sp³-hybridized carbons (Fsp3) is 0.111. The Morgan fingerprint density at radius 1 is 1.06 bits per heavy atom. The van der Waals surface area contributed by atoms with Crippen LogP contribution in [0.3, 0.4) is 0 Å². The molecule has 2 aromatic heterocycles. The standard InChI is InChI=1S/C27H24ClN7O/c28-21-8-17(12-31-14-21)13-32-23-3-1-2-19(9-23)26-34-25-16-36-15-24(25)27(35-26)33-22-6-4-18(5-7-22)20(10-29)11-30/h1-12,14,29,32H,13,15-16,30H2,(H,33,34,35)/b20-11+,29-10?. The maximum atomic E-state index is 7.48. The van der Waals surface area contributed by atoms with E-state index in [-0.39, 0.29) is 0 Å². The van der Waals surface area contributed by atoms with Gasteiger partial charge in [-0.25, -0.2) is 9.97 Å². The van der Waals surface area contributed by atoms with Gasteiger partial charge in [0.2, 0.25) is 0 Å². The molecule has 0 spiro atoms. The summed E-state index contributed by atoms with van der Waals surface area (Å²) in [6.07, 6.45) is 6.06. The second kappa shape index (κ2) is 10.6. The number of ether oxygens (including phenoxy) is 1. The van der Waals surface area contributed by atoms with E-state index < -0.39 is 0 Å². The SMILES string of the molecule is N=C/C(=C\N)c1ccc(Nc2nc(-c3cccc(NCc4cncc(Cl)c4)c3)nc3c2COC3)cc1. The van der Waals surface area contributed by atoms with Crippen LogP contribution in [0.4, 0.5) is 17.2 Å². The minimum atomic E-state index is 0.447. The number of rotatable bonds is 8. The van der Waals surface area contributed by atoms with Crippen molar-refractivity contribution >= 4 is 40.6 Å². The summed E-state index contributed by atoms with van der Waals surface area (Å²) in [5, 5.41) is 14.9. The van der Waals surface area contributed by atoms with E-state index in [0.29, 0.717) is 42.0 Å². The van der Waals surface area contributed by atoms with Crippen molar-refractivity contribution in [2.45, 2.75) is 19.8 Å². The van der Waals surface area contributed by atoms with Crippen molar-refractivity contribution in [3.05, 3.63) is 101 Å². The smallest absolute Gasteiger partial charge is 0.161 e. The van der Waals surface area contributed by atoms with Gasteiger partial charge in [0.1, 0.15) is 5.82 Å². The molecule has 8 nitrogen and oxygen atoms in total. The highest BCUT2D eigenvalue weighted by Crippen LogP contribution is 2.31. The molecule has 0 bridgehead atoms. The van der Waals surface area contributed by atoms with Gasteiger partial charge in [-0.2, -0.15) is 0 Å². The van der Waals surface area contributed by atoms with Gasteiger partial charge >= 0.3 is 0 Å². The fourth-order valence-corrected chi connectivity index (χ4v) is 4.12. The zero-order chi connectivity index (χ0) is 24.9. The summed E-state index contributed by atoms with van der Waals surface area (Å²) in [5.41, 5.74) is 12.6. The van der Waals surface area contributed by atoms with E-state index in [1.807, 2.05) is 54.6 Å². The number of hydrogen-bond donors (Lipinski definition) is 4. The van der Waals surface area contributed by atoms with Crippen molar-refractivity contribution in [3.63, 3.8) is 0 Å². The molecule has 5 N–H and O–H groups in total. The largest absolute Gasteiger partial charge is 0.404 e. The van der Waals surface area contributed by atoms with Crippen LogP contribution in [0.1, 0.15) is 22.4 Å². The van der Waals surface area contributed by atoms with E-state index in [1.54, 1.807) is 12.4 Å². The van der Waals surface area contributed by atoms with Gasteiger partial charge < -0.3 is 26.5 Å². The highest BCUT2D eigenvalue weighted by molar-refractivity contribution is 6.30. The third-order valence-electron chi connectivity index (χ3n) is 5.77. The molecule has 36 heavy (non-hydrogen) atoms. The minimum absolute atomic E-state index is 0.447. The van der Waals surface area contributed by atoms with Gasteiger partial charge in [-0.3, -0.25) is 4.98 Å². The number of allylic oxidation sites excluding steroid dienone is 1. The number of halogens is 1. The first-order chi connectivity index (χ1) is 17.6. The summed E-state index contributed by atoms with van der Waals surface area (Å²) < 4.78 is 5.67. The van der Waals surface area contributed by atoms with Crippen molar-refractivity contribution in [1.82, 2.24) is 15.0 Å². The number of nitrogens with two attached hydrogens (primary N) is 1. The van der Waals surface area contributed by atoms with Gasteiger partial charge in [0, 0.05) is 59.4 Å². The average molecular weight is 498 g/mol. The molecule has 180 valence electrons. The Kier molecular flexibility index (Phi) is 6.88. The number of hydrogen-bond acceptors (Lipinski definition) is 8. The summed E-state index contributed by atoms with van der Waals surface area (Å²) in [6, 6.07) is 17.5. The molecule has 0 atom stereocenters. The highest BCUT2D eigenvalue weighted by atomic mass is 35.5. The topological polar surface area (TPSA) is 122 Å². The molecule has 0 amide bonds. The van der Waals surface area contributed by atoms with E-state index >= 15 is 0 Å². The summed E-state index contributed by atoms with van der Waals surface area (Å²) in [5.74, 6) is 1.33. The Morgan fingerprint density at radius 2 is 1.92 bits per heavy atom. The van der Waals surface area contributed by atoms with E-state index in [1.165, 1.54) is 12.4 Å². The lowest BCUT2D eigenvalue weighted by Crippen LogP contribution is -2.04. The van der Waals surface area contributed by atoms with Crippen LogP contribution in [0.2, 0.25) is 5.02 Å². The van der Waals surface area contributed by atoms with E-state index in [4.69, 9.17) is 37.4 Å². The highest BCUT2D eigenvalue weighted by Gasteiger charge is 2.21. The van der Waals surface area contributed by atoms with Crippen LogP contribution < -0.4 is 16.4 Å². The van der Waals surface area contributed by atoms with Gasteiger partial charge in [0.25, 0.3) is 0 Å². The molecule has 1 aliphatic rings.